The summed E-state index contributed by atoms with van der Waals surface area (Å²) in [5.74, 6) is 1.53. The van der Waals surface area contributed by atoms with Crippen molar-refractivity contribution in [2.75, 3.05) is 12.4 Å². The van der Waals surface area contributed by atoms with Crippen LogP contribution in [0, 0.1) is 11.8 Å². The Bertz CT molecular complexity index is 226. The fraction of sp³-hybridized carbons (Fsp3) is 0.923. The molecule has 1 unspecified atom stereocenters. The number of rotatable bonds is 6. The summed E-state index contributed by atoms with van der Waals surface area (Å²) < 4.78 is 0. The minimum absolute atomic E-state index is 0.135. The molecule has 0 aromatic heterocycles. The average Bonchev–Trinajstić information content (AvgIpc) is 2.18. The molecule has 0 radical (unpaired) electrons. The molecule has 1 rings (SSSR count). The van der Waals surface area contributed by atoms with E-state index in [0.717, 1.165) is 13.0 Å². The third-order valence-electron chi connectivity index (χ3n) is 3.72. The highest BCUT2D eigenvalue weighted by Gasteiger charge is 2.31. The molecule has 94 valence electrons. The number of nitrogens with zero attached hydrogens (tertiary/aromatic N) is 1. The van der Waals surface area contributed by atoms with Crippen LogP contribution >= 0.6 is 11.6 Å². The van der Waals surface area contributed by atoms with Crippen LogP contribution in [-0.4, -0.2) is 29.3 Å². The molecule has 0 aromatic carbocycles. The topological polar surface area (TPSA) is 20.3 Å². The minimum Gasteiger partial charge on any atom is -0.339 e. The van der Waals surface area contributed by atoms with E-state index in [1.807, 2.05) is 6.92 Å². The molecule has 3 heteroatoms. The Morgan fingerprint density at radius 1 is 1.38 bits per heavy atom. The fourth-order valence-corrected chi connectivity index (χ4v) is 2.07. The van der Waals surface area contributed by atoms with Gasteiger partial charge in [0, 0.05) is 24.4 Å². The largest absolute Gasteiger partial charge is 0.339 e. The lowest BCUT2D eigenvalue weighted by Crippen LogP contribution is -2.47. The maximum absolute atomic E-state index is 12.3. The van der Waals surface area contributed by atoms with Gasteiger partial charge in [-0.1, -0.05) is 20.8 Å². The molecule has 0 aromatic rings. The van der Waals surface area contributed by atoms with Gasteiger partial charge in [-0.3, -0.25) is 4.79 Å². The van der Waals surface area contributed by atoms with Gasteiger partial charge in [-0.2, -0.15) is 0 Å². The van der Waals surface area contributed by atoms with E-state index < -0.39 is 0 Å². The molecule has 2 nitrogen and oxygen atoms in total. The molecule has 1 fully saturated rings. The van der Waals surface area contributed by atoms with Crippen LogP contribution in [0.15, 0.2) is 0 Å². The summed E-state index contributed by atoms with van der Waals surface area (Å²) in [6.45, 7) is 7.11. The van der Waals surface area contributed by atoms with Crippen molar-refractivity contribution in [2.24, 2.45) is 11.8 Å². The maximum Gasteiger partial charge on any atom is 0.225 e. The molecule has 0 spiro atoms. The molecule has 1 atom stereocenters. The molecule has 0 saturated heterocycles. The van der Waals surface area contributed by atoms with Crippen molar-refractivity contribution in [1.82, 2.24) is 4.90 Å². The summed E-state index contributed by atoms with van der Waals surface area (Å²) in [4.78, 5) is 14.4. The average molecular weight is 246 g/mol. The van der Waals surface area contributed by atoms with E-state index in [1.165, 1.54) is 19.3 Å². The number of alkyl halides is 1. The van der Waals surface area contributed by atoms with Gasteiger partial charge < -0.3 is 4.90 Å². The second kappa shape index (κ2) is 6.48. The molecule has 1 aliphatic rings. The SMILES string of the molecule is CC(C)C(C)C(=O)N(CCCCl)C1CCC1. The maximum atomic E-state index is 12.3. The van der Waals surface area contributed by atoms with E-state index in [0.29, 0.717) is 23.7 Å². The van der Waals surface area contributed by atoms with Gasteiger partial charge in [-0.05, 0) is 31.6 Å². The quantitative estimate of drug-likeness (QED) is 0.658. The van der Waals surface area contributed by atoms with E-state index in [-0.39, 0.29) is 5.92 Å². The van der Waals surface area contributed by atoms with Crippen molar-refractivity contribution >= 4 is 17.5 Å². The third kappa shape index (κ3) is 3.38. The highest BCUT2D eigenvalue weighted by atomic mass is 35.5. The predicted octanol–water partition coefficient (Wildman–Crippen LogP) is 3.29. The van der Waals surface area contributed by atoms with E-state index >= 15 is 0 Å². The van der Waals surface area contributed by atoms with Gasteiger partial charge in [0.2, 0.25) is 5.91 Å². The first kappa shape index (κ1) is 13.8. The standard InChI is InChI=1S/C13H24ClNO/c1-10(2)11(3)13(16)15(9-5-8-14)12-6-4-7-12/h10-12H,4-9H2,1-3H3. The van der Waals surface area contributed by atoms with Crippen molar-refractivity contribution in [3.05, 3.63) is 0 Å². The van der Waals surface area contributed by atoms with Crippen LogP contribution in [0.1, 0.15) is 46.5 Å². The first-order chi connectivity index (χ1) is 7.57. The van der Waals surface area contributed by atoms with Gasteiger partial charge in [0.25, 0.3) is 0 Å². The molecule has 0 heterocycles. The summed E-state index contributed by atoms with van der Waals surface area (Å²) in [6.07, 6.45) is 4.54. The number of hydrogen-bond donors (Lipinski definition) is 0. The van der Waals surface area contributed by atoms with E-state index in [1.54, 1.807) is 0 Å². The van der Waals surface area contributed by atoms with E-state index in [4.69, 9.17) is 11.6 Å². The molecular weight excluding hydrogens is 222 g/mol. The Morgan fingerprint density at radius 2 is 2.00 bits per heavy atom. The van der Waals surface area contributed by atoms with Gasteiger partial charge in [-0.15, -0.1) is 11.6 Å². The van der Waals surface area contributed by atoms with Crippen molar-refractivity contribution in [3.63, 3.8) is 0 Å². The van der Waals surface area contributed by atoms with Crippen LogP contribution in [0.4, 0.5) is 0 Å². The van der Waals surface area contributed by atoms with E-state index in [2.05, 4.69) is 18.7 Å². The Balaban J connectivity index is 2.56. The lowest BCUT2D eigenvalue weighted by Gasteiger charge is -2.39. The second-order valence-electron chi connectivity index (χ2n) is 5.19. The lowest BCUT2D eigenvalue weighted by atomic mass is 9.88. The van der Waals surface area contributed by atoms with Crippen LogP contribution in [0.3, 0.4) is 0 Å². The summed E-state index contributed by atoms with van der Waals surface area (Å²) in [5.41, 5.74) is 0. The normalized spacial score (nSPS) is 18.3. The van der Waals surface area contributed by atoms with Crippen LogP contribution < -0.4 is 0 Å². The Labute approximate surface area is 104 Å². The summed E-state index contributed by atoms with van der Waals surface area (Å²) in [7, 11) is 0. The summed E-state index contributed by atoms with van der Waals surface area (Å²) in [5, 5.41) is 0. The molecule has 0 aliphatic heterocycles. The molecule has 0 N–H and O–H groups in total. The zero-order valence-corrected chi connectivity index (χ0v) is 11.5. The molecular formula is C13H24ClNO. The van der Waals surface area contributed by atoms with Crippen molar-refractivity contribution in [1.29, 1.82) is 0 Å². The number of carbonyl (C=O) groups excluding carboxylic acids is 1. The van der Waals surface area contributed by atoms with Crippen molar-refractivity contribution < 1.29 is 4.79 Å². The van der Waals surface area contributed by atoms with Crippen LogP contribution in [0.2, 0.25) is 0 Å². The van der Waals surface area contributed by atoms with Gasteiger partial charge in [0.1, 0.15) is 0 Å². The summed E-state index contributed by atoms with van der Waals surface area (Å²) >= 11 is 5.72. The van der Waals surface area contributed by atoms with Crippen molar-refractivity contribution in [3.8, 4) is 0 Å². The van der Waals surface area contributed by atoms with Gasteiger partial charge in [0.05, 0.1) is 0 Å². The zero-order valence-electron chi connectivity index (χ0n) is 10.7. The molecule has 1 saturated carbocycles. The fourth-order valence-electron chi connectivity index (χ4n) is 1.95. The van der Waals surface area contributed by atoms with Crippen molar-refractivity contribution in [2.45, 2.75) is 52.5 Å². The first-order valence-electron chi connectivity index (χ1n) is 6.44. The smallest absolute Gasteiger partial charge is 0.225 e. The van der Waals surface area contributed by atoms with E-state index in [9.17, 15) is 4.79 Å². The minimum atomic E-state index is 0.135. The predicted molar refractivity (Wildman–Crippen MR) is 68.7 cm³/mol. The van der Waals surface area contributed by atoms with Gasteiger partial charge in [0.15, 0.2) is 0 Å². The third-order valence-corrected chi connectivity index (χ3v) is 3.99. The number of carbonyl (C=O) groups is 1. The van der Waals surface area contributed by atoms with Crippen LogP contribution in [0.5, 0.6) is 0 Å². The number of amides is 1. The first-order valence-corrected chi connectivity index (χ1v) is 6.97. The molecule has 16 heavy (non-hydrogen) atoms. The zero-order chi connectivity index (χ0) is 12.1. The van der Waals surface area contributed by atoms with Gasteiger partial charge in [-0.25, -0.2) is 0 Å². The lowest BCUT2D eigenvalue weighted by molar-refractivity contribution is -0.140. The Morgan fingerprint density at radius 3 is 2.38 bits per heavy atom. The monoisotopic (exact) mass is 245 g/mol. The second-order valence-corrected chi connectivity index (χ2v) is 5.57. The number of halogens is 1. The molecule has 1 amide bonds. The van der Waals surface area contributed by atoms with Crippen LogP contribution in [-0.2, 0) is 4.79 Å². The van der Waals surface area contributed by atoms with Crippen LogP contribution in [0.25, 0.3) is 0 Å². The number of hydrogen-bond acceptors (Lipinski definition) is 1. The highest BCUT2D eigenvalue weighted by Crippen LogP contribution is 2.27. The van der Waals surface area contributed by atoms with Gasteiger partial charge >= 0.3 is 0 Å². The highest BCUT2D eigenvalue weighted by molar-refractivity contribution is 6.17. The molecule has 0 bridgehead atoms. The Hall–Kier alpha value is -0.240. The summed E-state index contributed by atoms with van der Waals surface area (Å²) in [6, 6.07) is 0.497. The Kier molecular flexibility index (Phi) is 5.60. The molecule has 1 aliphatic carbocycles.